The van der Waals surface area contributed by atoms with Crippen molar-refractivity contribution in [2.24, 2.45) is 11.3 Å². The molecule has 1 fully saturated rings. The van der Waals surface area contributed by atoms with Crippen molar-refractivity contribution in [3.63, 3.8) is 0 Å². The van der Waals surface area contributed by atoms with E-state index in [-0.39, 0.29) is 41.8 Å². The van der Waals surface area contributed by atoms with Crippen LogP contribution in [0.4, 0.5) is 0 Å². The Kier molecular flexibility index (Phi) is 9.14. The normalized spacial score (nSPS) is 22.2. The molecular weight excluding hydrogens is 572 g/mol. The van der Waals surface area contributed by atoms with Gasteiger partial charge in [-0.3, -0.25) is 9.59 Å². The summed E-state index contributed by atoms with van der Waals surface area (Å²) in [5.74, 6) is -0.512. The molecule has 2 bridgehead atoms. The molecule has 1 heterocycles. The minimum atomic E-state index is -0.793. The number of methoxy groups -OCH3 is 1. The number of ketones is 2. The van der Waals surface area contributed by atoms with Crippen molar-refractivity contribution in [3.8, 4) is 5.75 Å². The van der Waals surface area contributed by atoms with Gasteiger partial charge in [0.1, 0.15) is 30.3 Å². The van der Waals surface area contributed by atoms with Crippen molar-refractivity contribution < 1.29 is 28.6 Å². The van der Waals surface area contributed by atoms with Gasteiger partial charge in [-0.1, -0.05) is 52.7 Å². The highest BCUT2D eigenvalue weighted by Crippen LogP contribution is 2.48. The van der Waals surface area contributed by atoms with E-state index in [4.69, 9.17) is 14.2 Å². The van der Waals surface area contributed by atoms with Crippen LogP contribution in [0, 0.1) is 11.3 Å². The standard InChI is InChI=1S/C33H35BrO6/c1-20(2)13-15-33-16-14-21(3)18-39-27-8-6-7-24(19-40-32(37)23-9-11-25(34)12-10-23)28(27)30(38-5)29(31(33)36)26(35)17-22(33)4/h6-14,22H,15-19H2,1-5H3/b21-14-,30-29?/t22-,33-/m0/s1. The Labute approximate surface area is 244 Å². The van der Waals surface area contributed by atoms with Crippen LogP contribution in [0.2, 0.25) is 0 Å². The SMILES string of the molecule is COC1=C2C(=O)C[C@H](C)[C@](CC=C(C)C)(C/C=C(/C)COc3cccc(COC(=O)c4ccc(Br)cc4)c31)C2=O. The predicted molar refractivity (Wildman–Crippen MR) is 158 cm³/mol. The van der Waals surface area contributed by atoms with E-state index in [0.29, 0.717) is 41.9 Å². The smallest absolute Gasteiger partial charge is 0.338 e. The molecule has 210 valence electrons. The van der Waals surface area contributed by atoms with Gasteiger partial charge in [-0.15, -0.1) is 0 Å². The third kappa shape index (κ3) is 5.99. The molecule has 0 saturated heterocycles. The van der Waals surface area contributed by atoms with Crippen LogP contribution in [0.25, 0.3) is 5.76 Å². The van der Waals surface area contributed by atoms with Gasteiger partial charge < -0.3 is 14.2 Å². The van der Waals surface area contributed by atoms with Gasteiger partial charge in [0.25, 0.3) is 0 Å². The van der Waals surface area contributed by atoms with Gasteiger partial charge in [-0.05, 0) is 75.4 Å². The Morgan fingerprint density at radius 2 is 1.88 bits per heavy atom. The van der Waals surface area contributed by atoms with Gasteiger partial charge in [-0.25, -0.2) is 4.79 Å². The van der Waals surface area contributed by atoms with Crippen molar-refractivity contribution in [2.45, 2.75) is 53.6 Å². The van der Waals surface area contributed by atoms with Crippen molar-refractivity contribution in [1.29, 1.82) is 0 Å². The fourth-order valence-electron chi connectivity index (χ4n) is 5.29. The van der Waals surface area contributed by atoms with Gasteiger partial charge in [0.15, 0.2) is 11.6 Å². The van der Waals surface area contributed by atoms with Crippen LogP contribution >= 0.6 is 15.9 Å². The average Bonchev–Trinajstić information content (AvgIpc) is 2.93. The monoisotopic (exact) mass is 606 g/mol. The number of ether oxygens (including phenoxy) is 3. The topological polar surface area (TPSA) is 78.9 Å². The first-order chi connectivity index (χ1) is 19.1. The Hall–Kier alpha value is -3.45. The number of carbonyl (C=O) groups is 3. The first-order valence-corrected chi connectivity index (χ1v) is 14.2. The number of fused-ring (bicyclic) bond motifs is 3. The molecule has 0 aromatic heterocycles. The Balaban J connectivity index is 1.86. The van der Waals surface area contributed by atoms with Crippen LogP contribution in [0.15, 0.2) is 75.8 Å². The summed E-state index contributed by atoms with van der Waals surface area (Å²) in [7, 11) is 1.45. The maximum absolute atomic E-state index is 14.4. The summed E-state index contributed by atoms with van der Waals surface area (Å²) in [5.41, 5.74) is 2.78. The van der Waals surface area contributed by atoms with Gasteiger partial charge in [0, 0.05) is 21.9 Å². The number of benzene rings is 2. The maximum atomic E-state index is 14.4. The van der Waals surface area contributed by atoms with Gasteiger partial charge in [-0.2, -0.15) is 0 Å². The van der Waals surface area contributed by atoms with E-state index in [2.05, 4.69) is 28.1 Å². The summed E-state index contributed by atoms with van der Waals surface area (Å²) in [6.45, 7) is 8.18. The van der Waals surface area contributed by atoms with E-state index in [1.54, 1.807) is 42.5 Å². The highest BCUT2D eigenvalue weighted by Gasteiger charge is 2.50. The zero-order chi connectivity index (χ0) is 29.0. The van der Waals surface area contributed by atoms with Crippen LogP contribution in [0.5, 0.6) is 5.75 Å². The number of Topliss-reactive ketones (excluding diaryl/α,β-unsaturated/α-hetero) is 2. The zero-order valence-electron chi connectivity index (χ0n) is 23.6. The third-order valence-electron chi connectivity index (χ3n) is 7.75. The molecular formula is C33H35BrO6. The number of esters is 1. The summed E-state index contributed by atoms with van der Waals surface area (Å²) in [4.78, 5) is 40.8. The molecule has 1 saturated carbocycles. The van der Waals surface area contributed by atoms with E-state index < -0.39 is 11.4 Å². The predicted octanol–water partition coefficient (Wildman–Crippen LogP) is 7.41. The van der Waals surface area contributed by atoms with Crippen LogP contribution < -0.4 is 4.74 Å². The number of allylic oxidation sites excluding steroid dienone is 4. The van der Waals surface area contributed by atoms with E-state index >= 15 is 0 Å². The third-order valence-corrected chi connectivity index (χ3v) is 8.28. The summed E-state index contributed by atoms with van der Waals surface area (Å²) in [6, 6.07) is 12.2. The number of hydrogen-bond donors (Lipinski definition) is 0. The number of carbonyl (C=O) groups excluding carboxylic acids is 3. The zero-order valence-corrected chi connectivity index (χ0v) is 25.2. The molecule has 2 aromatic carbocycles. The summed E-state index contributed by atoms with van der Waals surface area (Å²) in [5, 5.41) is 0. The molecule has 0 spiro atoms. The van der Waals surface area contributed by atoms with Crippen LogP contribution in [-0.4, -0.2) is 31.3 Å². The molecule has 0 radical (unpaired) electrons. The highest BCUT2D eigenvalue weighted by molar-refractivity contribution is 9.10. The minimum absolute atomic E-state index is 0.0484. The summed E-state index contributed by atoms with van der Waals surface area (Å²) >= 11 is 3.37. The van der Waals surface area contributed by atoms with Gasteiger partial charge in [0.05, 0.1) is 18.2 Å². The van der Waals surface area contributed by atoms with Crippen LogP contribution in [-0.2, 0) is 25.7 Å². The number of hydrogen-bond acceptors (Lipinski definition) is 6. The first kappa shape index (κ1) is 29.5. The largest absolute Gasteiger partial charge is 0.495 e. The fraction of sp³-hybridized carbons (Fsp3) is 0.364. The lowest BCUT2D eigenvalue weighted by molar-refractivity contribution is -0.135. The summed E-state index contributed by atoms with van der Waals surface area (Å²) < 4.78 is 18.6. The lowest BCUT2D eigenvalue weighted by Crippen LogP contribution is -2.45. The van der Waals surface area contributed by atoms with E-state index in [1.165, 1.54) is 7.11 Å². The van der Waals surface area contributed by atoms with E-state index in [1.807, 2.05) is 27.7 Å². The molecule has 1 aliphatic carbocycles. The van der Waals surface area contributed by atoms with Crippen molar-refractivity contribution in [2.75, 3.05) is 13.7 Å². The highest BCUT2D eigenvalue weighted by atomic mass is 79.9. The van der Waals surface area contributed by atoms with E-state index in [9.17, 15) is 14.4 Å². The summed E-state index contributed by atoms with van der Waals surface area (Å²) in [6.07, 6.45) is 5.38. The quantitative estimate of drug-likeness (QED) is 0.193. The molecule has 0 amide bonds. The van der Waals surface area contributed by atoms with Crippen molar-refractivity contribution in [1.82, 2.24) is 0 Å². The fourth-order valence-corrected chi connectivity index (χ4v) is 5.55. The van der Waals surface area contributed by atoms with Gasteiger partial charge >= 0.3 is 5.97 Å². The van der Waals surface area contributed by atoms with Gasteiger partial charge in [0.2, 0.25) is 0 Å². The number of rotatable bonds is 6. The Bertz CT molecular complexity index is 1410. The molecule has 1 aliphatic heterocycles. The van der Waals surface area contributed by atoms with Crippen molar-refractivity contribution in [3.05, 3.63) is 92.5 Å². The molecule has 2 atom stereocenters. The van der Waals surface area contributed by atoms with Crippen LogP contribution in [0.3, 0.4) is 0 Å². The lowest BCUT2D eigenvalue weighted by atomic mass is 9.60. The van der Waals surface area contributed by atoms with Crippen LogP contribution in [0.1, 0.15) is 68.4 Å². The molecule has 40 heavy (non-hydrogen) atoms. The maximum Gasteiger partial charge on any atom is 0.338 e. The lowest BCUT2D eigenvalue weighted by Gasteiger charge is -2.41. The Morgan fingerprint density at radius 3 is 2.55 bits per heavy atom. The number of halogens is 1. The molecule has 0 N–H and O–H groups in total. The second kappa shape index (κ2) is 12.4. The minimum Gasteiger partial charge on any atom is -0.495 e. The first-order valence-electron chi connectivity index (χ1n) is 13.4. The molecule has 0 unspecified atom stereocenters. The Morgan fingerprint density at radius 1 is 1.15 bits per heavy atom. The molecule has 2 aromatic rings. The average molecular weight is 608 g/mol. The van der Waals surface area contributed by atoms with E-state index in [0.717, 1.165) is 15.6 Å². The molecule has 6 nitrogen and oxygen atoms in total. The van der Waals surface area contributed by atoms with Crippen molar-refractivity contribution >= 4 is 39.2 Å². The molecule has 7 heteroatoms. The second-order valence-electron chi connectivity index (χ2n) is 10.8. The second-order valence-corrected chi connectivity index (χ2v) is 11.7. The molecule has 4 rings (SSSR count). The molecule has 2 aliphatic rings.